The summed E-state index contributed by atoms with van der Waals surface area (Å²) >= 11 is 0. The lowest BCUT2D eigenvalue weighted by molar-refractivity contribution is -0.140. The van der Waals surface area contributed by atoms with Crippen LogP contribution in [0.15, 0.2) is 29.2 Å². The second-order valence-electron chi connectivity index (χ2n) is 4.16. The first kappa shape index (κ1) is 16.3. The number of hydrogen-bond acceptors (Lipinski definition) is 5. The molecule has 1 N–H and O–H groups in total. The molecule has 0 fully saturated rings. The summed E-state index contributed by atoms with van der Waals surface area (Å²) in [5, 5.41) is 0. The van der Waals surface area contributed by atoms with Gasteiger partial charge in [0, 0.05) is 18.5 Å². The van der Waals surface area contributed by atoms with Crippen molar-refractivity contribution in [1.82, 2.24) is 4.72 Å². The number of methoxy groups -OCH3 is 1. The number of hydrogen-bond donors (Lipinski definition) is 1. The third-order valence-electron chi connectivity index (χ3n) is 2.63. The van der Waals surface area contributed by atoms with Crippen molar-refractivity contribution in [3.8, 4) is 0 Å². The molecule has 0 spiro atoms. The molecule has 7 heteroatoms. The van der Waals surface area contributed by atoms with Crippen LogP contribution in [0.4, 0.5) is 0 Å². The van der Waals surface area contributed by atoms with Crippen LogP contribution < -0.4 is 4.72 Å². The minimum atomic E-state index is -3.68. The van der Waals surface area contributed by atoms with E-state index in [9.17, 15) is 18.0 Å². The first-order valence-corrected chi connectivity index (χ1v) is 7.52. The fraction of sp³-hybridized carbons (Fsp3) is 0.385. The highest BCUT2D eigenvalue weighted by Gasteiger charge is 2.14. The van der Waals surface area contributed by atoms with Crippen molar-refractivity contribution in [2.24, 2.45) is 0 Å². The normalized spacial score (nSPS) is 11.1. The molecule has 0 saturated heterocycles. The van der Waals surface area contributed by atoms with Crippen molar-refractivity contribution in [3.05, 3.63) is 29.8 Å². The number of esters is 1. The van der Waals surface area contributed by atoms with E-state index in [4.69, 9.17) is 0 Å². The molecule has 0 aliphatic heterocycles. The predicted octanol–water partition coefficient (Wildman–Crippen LogP) is 1.12. The van der Waals surface area contributed by atoms with Gasteiger partial charge in [0.05, 0.1) is 12.0 Å². The second-order valence-corrected chi connectivity index (χ2v) is 5.93. The zero-order valence-corrected chi connectivity index (χ0v) is 12.2. The standard InChI is InChI=1S/C13H17NO5S/c1-10(15)11-5-3-6-12(9-11)20(17,18)14-8-4-7-13(16)19-2/h3,5-6,9,14H,4,7-8H2,1-2H3. The van der Waals surface area contributed by atoms with Gasteiger partial charge in [-0.25, -0.2) is 13.1 Å². The molecule has 110 valence electrons. The molecule has 0 heterocycles. The Hall–Kier alpha value is -1.73. The van der Waals surface area contributed by atoms with Gasteiger partial charge in [-0.3, -0.25) is 9.59 Å². The van der Waals surface area contributed by atoms with Crippen molar-refractivity contribution in [3.63, 3.8) is 0 Å². The Morgan fingerprint density at radius 1 is 1.30 bits per heavy atom. The Bertz CT molecular complexity index is 595. The van der Waals surface area contributed by atoms with E-state index in [1.165, 1.54) is 32.2 Å². The number of nitrogens with one attached hydrogen (secondary N) is 1. The molecule has 20 heavy (non-hydrogen) atoms. The minimum absolute atomic E-state index is 0.0308. The van der Waals surface area contributed by atoms with Crippen LogP contribution in [0.25, 0.3) is 0 Å². The van der Waals surface area contributed by atoms with Crippen molar-refractivity contribution in [2.75, 3.05) is 13.7 Å². The number of ketones is 1. The first-order valence-electron chi connectivity index (χ1n) is 6.04. The van der Waals surface area contributed by atoms with E-state index in [2.05, 4.69) is 9.46 Å². The average Bonchev–Trinajstić information content (AvgIpc) is 2.43. The van der Waals surface area contributed by atoms with Crippen LogP contribution >= 0.6 is 0 Å². The maximum atomic E-state index is 12.0. The molecule has 1 aromatic rings. The fourth-order valence-corrected chi connectivity index (χ4v) is 2.63. The maximum Gasteiger partial charge on any atom is 0.305 e. The summed E-state index contributed by atoms with van der Waals surface area (Å²) in [5.41, 5.74) is 0.336. The third kappa shape index (κ3) is 4.75. The average molecular weight is 299 g/mol. The highest BCUT2D eigenvalue weighted by molar-refractivity contribution is 7.89. The van der Waals surface area contributed by atoms with Crippen LogP contribution in [0.3, 0.4) is 0 Å². The van der Waals surface area contributed by atoms with E-state index < -0.39 is 10.0 Å². The Kier molecular flexibility index (Phi) is 5.84. The van der Waals surface area contributed by atoms with Crippen molar-refractivity contribution in [2.45, 2.75) is 24.7 Å². The zero-order valence-electron chi connectivity index (χ0n) is 11.4. The van der Waals surface area contributed by atoms with Gasteiger partial charge in [0.2, 0.25) is 10.0 Å². The Morgan fingerprint density at radius 3 is 2.60 bits per heavy atom. The lowest BCUT2D eigenvalue weighted by Gasteiger charge is -2.07. The fourth-order valence-electron chi connectivity index (χ4n) is 1.51. The van der Waals surface area contributed by atoms with Gasteiger partial charge < -0.3 is 4.74 Å². The summed E-state index contributed by atoms with van der Waals surface area (Å²) < 4.78 is 30.8. The molecule has 0 atom stereocenters. The van der Waals surface area contributed by atoms with Crippen LogP contribution in [-0.4, -0.2) is 33.8 Å². The summed E-state index contributed by atoms with van der Waals surface area (Å²) in [6.45, 7) is 1.50. The maximum absolute atomic E-state index is 12.0. The Balaban J connectivity index is 2.67. The van der Waals surface area contributed by atoms with Gasteiger partial charge >= 0.3 is 5.97 Å². The van der Waals surface area contributed by atoms with E-state index in [0.29, 0.717) is 12.0 Å². The molecule has 0 radical (unpaired) electrons. The summed E-state index contributed by atoms with van der Waals surface area (Å²) in [4.78, 5) is 22.1. The van der Waals surface area contributed by atoms with E-state index >= 15 is 0 Å². The monoisotopic (exact) mass is 299 g/mol. The summed E-state index contributed by atoms with van der Waals surface area (Å²) in [6.07, 6.45) is 0.491. The number of carbonyl (C=O) groups excluding carboxylic acids is 2. The smallest absolute Gasteiger partial charge is 0.305 e. The largest absolute Gasteiger partial charge is 0.469 e. The molecule has 0 saturated carbocycles. The third-order valence-corrected chi connectivity index (χ3v) is 4.09. The quantitative estimate of drug-likeness (QED) is 0.463. The molecule has 0 unspecified atom stereocenters. The SMILES string of the molecule is COC(=O)CCCNS(=O)(=O)c1cccc(C(C)=O)c1. The summed E-state index contributed by atoms with van der Waals surface area (Å²) in [6, 6.07) is 5.80. The number of sulfonamides is 1. The highest BCUT2D eigenvalue weighted by atomic mass is 32.2. The number of carbonyl (C=O) groups is 2. The number of rotatable bonds is 7. The van der Waals surface area contributed by atoms with Crippen molar-refractivity contribution in [1.29, 1.82) is 0 Å². The molecular formula is C13H17NO5S. The van der Waals surface area contributed by atoms with Gasteiger partial charge in [0.15, 0.2) is 5.78 Å². The molecule has 1 rings (SSSR count). The Morgan fingerprint density at radius 2 is 2.00 bits per heavy atom. The van der Waals surface area contributed by atoms with Gasteiger partial charge in [-0.05, 0) is 25.5 Å². The van der Waals surface area contributed by atoms with Crippen molar-refractivity contribution < 1.29 is 22.7 Å². The second kappa shape index (κ2) is 7.16. The van der Waals surface area contributed by atoms with Crippen LogP contribution in [-0.2, 0) is 19.6 Å². The number of benzene rings is 1. The van der Waals surface area contributed by atoms with Gasteiger partial charge in [-0.2, -0.15) is 0 Å². The van der Waals surface area contributed by atoms with Crippen LogP contribution in [0.5, 0.6) is 0 Å². The number of ether oxygens (including phenoxy) is 1. The molecule has 0 bridgehead atoms. The van der Waals surface area contributed by atoms with Gasteiger partial charge in [0.1, 0.15) is 0 Å². The van der Waals surface area contributed by atoms with Crippen LogP contribution in [0.2, 0.25) is 0 Å². The molecule has 0 aliphatic carbocycles. The molecule has 0 aromatic heterocycles. The first-order chi connectivity index (χ1) is 9.36. The topological polar surface area (TPSA) is 89.5 Å². The van der Waals surface area contributed by atoms with E-state index in [-0.39, 0.29) is 29.6 Å². The number of Topliss-reactive ketones (excluding diaryl/α,β-unsaturated/α-hetero) is 1. The molecule has 6 nitrogen and oxygen atoms in total. The van der Waals surface area contributed by atoms with Gasteiger partial charge in [-0.1, -0.05) is 12.1 Å². The Labute approximate surface area is 118 Å². The van der Waals surface area contributed by atoms with E-state index in [0.717, 1.165) is 0 Å². The molecule has 1 aromatic carbocycles. The molecule has 0 aliphatic rings. The van der Waals surface area contributed by atoms with Gasteiger partial charge in [-0.15, -0.1) is 0 Å². The molecular weight excluding hydrogens is 282 g/mol. The lowest BCUT2D eigenvalue weighted by Crippen LogP contribution is -2.25. The van der Waals surface area contributed by atoms with Gasteiger partial charge in [0.25, 0.3) is 0 Å². The summed E-state index contributed by atoms with van der Waals surface area (Å²) in [5.74, 6) is -0.587. The van der Waals surface area contributed by atoms with E-state index in [1.54, 1.807) is 6.07 Å². The van der Waals surface area contributed by atoms with E-state index in [1.807, 2.05) is 0 Å². The molecule has 0 amide bonds. The minimum Gasteiger partial charge on any atom is -0.469 e. The van der Waals surface area contributed by atoms with Crippen LogP contribution in [0, 0.1) is 0 Å². The predicted molar refractivity (Wildman–Crippen MR) is 72.9 cm³/mol. The van der Waals surface area contributed by atoms with Crippen molar-refractivity contribution >= 4 is 21.8 Å². The van der Waals surface area contributed by atoms with Crippen LogP contribution in [0.1, 0.15) is 30.1 Å². The highest BCUT2D eigenvalue weighted by Crippen LogP contribution is 2.12. The lowest BCUT2D eigenvalue weighted by atomic mass is 10.2. The zero-order chi connectivity index (χ0) is 15.2. The summed E-state index contributed by atoms with van der Waals surface area (Å²) in [7, 11) is -2.40.